The van der Waals surface area contributed by atoms with Crippen LogP contribution in [0.15, 0.2) is 66.0 Å². The summed E-state index contributed by atoms with van der Waals surface area (Å²) >= 11 is 1.59. The molecule has 0 aliphatic heterocycles. The van der Waals surface area contributed by atoms with Crippen LogP contribution in [0.5, 0.6) is 0 Å². The predicted molar refractivity (Wildman–Crippen MR) is 110 cm³/mol. The molecular weight excluding hydrogens is 338 g/mol. The molecule has 0 fully saturated rings. The molecule has 3 aromatic rings. The zero-order chi connectivity index (χ0) is 17.8. The third-order valence-corrected chi connectivity index (χ3v) is 5.78. The molecule has 1 aliphatic rings. The number of hydrogen-bond acceptors (Lipinski definition) is 3. The van der Waals surface area contributed by atoms with Crippen LogP contribution in [0.4, 0.5) is 5.69 Å². The summed E-state index contributed by atoms with van der Waals surface area (Å²) in [4.78, 5) is 0.960. The summed E-state index contributed by atoms with van der Waals surface area (Å²) in [6, 6.07) is 21.4. The van der Waals surface area contributed by atoms with Gasteiger partial charge in [-0.25, -0.2) is 0 Å². The number of nitrogens with one attached hydrogen (secondary N) is 3. The molecule has 0 amide bonds. The molecule has 0 saturated carbocycles. The number of fused-ring (bicyclic) bond motifs is 1. The van der Waals surface area contributed by atoms with E-state index < -0.39 is 0 Å². The highest BCUT2D eigenvalue weighted by molar-refractivity contribution is 7.12. The van der Waals surface area contributed by atoms with Gasteiger partial charge in [0.05, 0.1) is 4.88 Å². The van der Waals surface area contributed by atoms with Crippen molar-refractivity contribution in [2.24, 2.45) is 0 Å². The van der Waals surface area contributed by atoms with Gasteiger partial charge in [-0.2, -0.15) is 0 Å². The van der Waals surface area contributed by atoms with E-state index in [9.17, 15) is 0 Å². The van der Waals surface area contributed by atoms with E-state index >= 15 is 0 Å². The van der Waals surface area contributed by atoms with Gasteiger partial charge in [0.1, 0.15) is 5.84 Å². The van der Waals surface area contributed by atoms with Gasteiger partial charge in [-0.05, 0) is 59.5 Å². The summed E-state index contributed by atoms with van der Waals surface area (Å²) in [6.07, 6.45) is 3.52. The topological polar surface area (TPSA) is 47.9 Å². The first-order valence-electron chi connectivity index (χ1n) is 9.09. The Hall–Kier alpha value is -2.43. The van der Waals surface area contributed by atoms with E-state index in [1.807, 2.05) is 17.5 Å². The molecule has 4 rings (SSSR count). The van der Waals surface area contributed by atoms with Gasteiger partial charge in [-0.3, -0.25) is 5.41 Å². The van der Waals surface area contributed by atoms with Crippen molar-refractivity contribution in [1.82, 2.24) is 5.32 Å². The number of thiophene rings is 1. The van der Waals surface area contributed by atoms with E-state index in [4.69, 9.17) is 5.41 Å². The first kappa shape index (κ1) is 17.0. The van der Waals surface area contributed by atoms with Gasteiger partial charge in [0.2, 0.25) is 0 Å². The zero-order valence-electron chi connectivity index (χ0n) is 14.7. The van der Waals surface area contributed by atoms with Crippen LogP contribution >= 0.6 is 11.3 Å². The second-order valence-electron chi connectivity index (χ2n) is 6.70. The number of hydrogen-bond donors (Lipinski definition) is 3. The van der Waals surface area contributed by atoms with Crippen molar-refractivity contribution in [3.8, 4) is 0 Å². The maximum atomic E-state index is 8.25. The van der Waals surface area contributed by atoms with Gasteiger partial charge < -0.3 is 10.6 Å². The van der Waals surface area contributed by atoms with Gasteiger partial charge >= 0.3 is 0 Å². The van der Waals surface area contributed by atoms with Crippen molar-refractivity contribution in [2.75, 3.05) is 5.32 Å². The SMILES string of the molecule is N=C(Nc1ccc2c(c1)C(NCc1ccccc1)CCC2)c1cccs1. The minimum atomic E-state index is 0.372. The minimum Gasteiger partial charge on any atom is -0.340 e. The van der Waals surface area contributed by atoms with Crippen molar-refractivity contribution in [3.63, 3.8) is 0 Å². The lowest BCUT2D eigenvalue weighted by molar-refractivity contribution is 0.459. The molecule has 0 spiro atoms. The Labute approximate surface area is 158 Å². The largest absolute Gasteiger partial charge is 0.340 e. The molecule has 2 aromatic carbocycles. The number of benzene rings is 2. The first-order valence-corrected chi connectivity index (χ1v) is 9.97. The average molecular weight is 362 g/mol. The lowest BCUT2D eigenvalue weighted by atomic mass is 9.87. The van der Waals surface area contributed by atoms with Gasteiger partial charge in [0.25, 0.3) is 0 Å². The molecule has 4 heteroatoms. The second kappa shape index (κ2) is 7.85. The minimum absolute atomic E-state index is 0.372. The van der Waals surface area contributed by atoms with E-state index in [0.717, 1.165) is 30.0 Å². The smallest absolute Gasteiger partial charge is 0.140 e. The van der Waals surface area contributed by atoms with E-state index in [-0.39, 0.29) is 0 Å². The van der Waals surface area contributed by atoms with E-state index in [1.54, 1.807) is 11.3 Å². The van der Waals surface area contributed by atoms with Gasteiger partial charge in [-0.15, -0.1) is 11.3 Å². The van der Waals surface area contributed by atoms with E-state index in [0.29, 0.717) is 11.9 Å². The summed E-state index contributed by atoms with van der Waals surface area (Å²) in [5.41, 5.74) is 5.11. The van der Waals surface area contributed by atoms with Crippen molar-refractivity contribution in [1.29, 1.82) is 5.41 Å². The molecule has 3 nitrogen and oxygen atoms in total. The van der Waals surface area contributed by atoms with Crippen molar-refractivity contribution >= 4 is 22.9 Å². The van der Waals surface area contributed by atoms with Gasteiger partial charge in [0, 0.05) is 18.3 Å². The van der Waals surface area contributed by atoms with E-state index in [2.05, 4.69) is 59.2 Å². The van der Waals surface area contributed by atoms with Crippen LogP contribution in [-0.4, -0.2) is 5.84 Å². The fraction of sp³-hybridized carbons (Fsp3) is 0.227. The predicted octanol–water partition coefficient (Wildman–Crippen LogP) is 5.35. The molecule has 0 radical (unpaired) electrons. The molecule has 0 bridgehead atoms. The molecule has 1 unspecified atom stereocenters. The van der Waals surface area contributed by atoms with Crippen LogP contribution < -0.4 is 10.6 Å². The van der Waals surface area contributed by atoms with Crippen molar-refractivity contribution in [3.05, 3.63) is 87.6 Å². The van der Waals surface area contributed by atoms with Gasteiger partial charge in [0.15, 0.2) is 0 Å². The Morgan fingerprint density at radius 3 is 2.77 bits per heavy atom. The summed E-state index contributed by atoms with van der Waals surface area (Å²) in [7, 11) is 0. The molecule has 3 N–H and O–H groups in total. The Kier molecular flexibility index (Phi) is 5.14. The van der Waals surface area contributed by atoms with Crippen LogP contribution in [0.3, 0.4) is 0 Å². The summed E-state index contributed by atoms with van der Waals surface area (Å²) in [6.45, 7) is 0.883. The molecule has 1 aromatic heterocycles. The number of amidine groups is 1. The lowest BCUT2D eigenvalue weighted by Gasteiger charge is -2.27. The van der Waals surface area contributed by atoms with Crippen LogP contribution in [0, 0.1) is 5.41 Å². The Balaban J connectivity index is 1.50. The maximum Gasteiger partial charge on any atom is 0.140 e. The van der Waals surface area contributed by atoms with Crippen LogP contribution in [0.25, 0.3) is 0 Å². The fourth-order valence-corrected chi connectivity index (χ4v) is 4.18. The maximum absolute atomic E-state index is 8.25. The van der Waals surface area contributed by atoms with Crippen LogP contribution in [-0.2, 0) is 13.0 Å². The average Bonchev–Trinajstić information content (AvgIpc) is 3.22. The van der Waals surface area contributed by atoms with E-state index in [1.165, 1.54) is 23.1 Å². The molecule has 1 aliphatic carbocycles. The van der Waals surface area contributed by atoms with Gasteiger partial charge in [-0.1, -0.05) is 42.5 Å². The molecule has 132 valence electrons. The highest BCUT2D eigenvalue weighted by atomic mass is 32.1. The number of rotatable bonds is 5. The summed E-state index contributed by atoms with van der Waals surface area (Å²) < 4.78 is 0. The Morgan fingerprint density at radius 1 is 1.08 bits per heavy atom. The standard InChI is InChI=1S/C22H23N3S/c23-22(21-10-5-13-26-21)25-18-12-11-17-8-4-9-20(19(17)14-18)24-15-16-6-2-1-3-7-16/h1-3,5-7,10-14,20,24H,4,8-9,15H2,(H2,23,25). The molecule has 0 saturated heterocycles. The summed E-state index contributed by atoms with van der Waals surface area (Å²) in [5, 5.41) is 17.2. The monoisotopic (exact) mass is 361 g/mol. The molecular formula is C22H23N3S. The Morgan fingerprint density at radius 2 is 1.96 bits per heavy atom. The second-order valence-corrected chi connectivity index (χ2v) is 7.65. The third-order valence-electron chi connectivity index (χ3n) is 4.89. The number of anilines is 1. The first-order chi connectivity index (χ1) is 12.8. The third kappa shape index (κ3) is 3.87. The highest BCUT2D eigenvalue weighted by Gasteiger charge is 2.20. The van der Waals surface area contributed by atoms with Crippen molar-refractivity contribution < 1.29 is 0 Å². The number of aryl methyl sites for hydroxylation is 1. The molecule has 1 heterocycles. The quantitative estimate of drug-likeness (QED) is 0.424. The Bertz CT molecular complexity index is 872. The fourth-order valence-electron chi connectivity index (χ4n) is 3.55. The normalized spacial score (nSPS) is 16.1. The van der Waals surface area contributed by atoms with Crippen LogP contribution in [0.2, 0.25) is 0 Å². The van der Waals surface area contributed by atoms with Crippen molar-refractivity contribution in [2.45, 2.75) is 31.8 Å². The zero-order valence-corrected chi connectivity index (χ0v) is 15.5. The molecule has 26 heavy (non-hydrogen) atoms. The van der Waals surface area contributed by atoms with Crippen LogP contribution in [0.1, 0.15) is 40.5 Å². The lowest BCUT2D eigenvalue weighted by Crippen LogP contribution is -2.25. The highest BCUT2D eigenvalue weighted by Crippen LogP contribution is 2.32. The summed E-state index contributed by atoms with van der Waals surface area (Å²) in [5.74, 6) is 0.463. The molecule has 1 atom stereocenters.